The van der Waals surface area contributed by atoms with Gasteiger partial charge in [0.15, 0.2) is 0 Å². The number of rotatable bonds is 7. The topological polar surface area (TPSA) is 85.3 Å². The number of fused-ring (bicyclic) bond motifs is 1. The summed E-state index contributed by atoms with van der Waals surface area (Å²) in [5, 5.41) is 17.8. The van der Waals surface area contributed by atoms with E-state index in [1.54, 1.807) is 23.8 Å². The molecule has 0 spiro atoms. The normalized spacial score (nSPS) is 13.9. The molecule has 1 N–H and O–H groups in total. The lowest BCUT2D eigenvalue weighted by atomic mass is 10.0. The van der Waals surface area contributed by atoms with Crippen LogP contribution in [0.4, 0.5) is 0 Å². The molecule has 0 aromatic carbocycles. The van der Waals surface area contributed by atoms with Crippen molar-refractivity contribution in [3.8, 4) is 11.3 Å². The Morgan fingerprint density at radius 2 is 2.08 bits per heavy atom. The molecule has 3 heterocycles. The number of aliphatic carboxylic acids is 1. The van der Waals surface area contributed by atoms with Crippen LogP contribution in [0.2, 0.25) is 5.28 Å². The van der Waals surface area contributed by atoms with E-state index in [4.69, 9.17) is 16.7 Å². The van der Waals surface area contributed by atoms with Crippen LogP contribution < -0.4 is 0 Å². The van der Waals surface area contributed by atoms with E-state index in [1.165, 1.54) is 0 Å². The highest BCUT2D eigenvalue weighted by molar-refractivity contribution is 6.28. The monoisotopic (exact) mass is 361 g/mol. The van der Waals surface area contributed by atoms with Gasteiger partial charge < -0.3 is 5.11 Å². The SMILES string of the molecule is CC(CCCC(C)n1cc(-c2ccc3cnc(Cl)nn23)cn1)C(=O)O. The molecule has 0 radical (unpaired) electrons. The fourth-order valence-electron chi connectivity index (χ4n) is 2.79. The summed E-state index contributed by atoms with van der Waals surface area (Å²) in [6, 6.07) is 4.08. The summed E-state index contributed by atoms with van der Waals surface area (Å²) < 4.78 is 3.65. The van der Waals surface area contributed by atoms with E-state index in [0.29, 0.717) is 6.42 Å². The van der Waals surface area contributed by atoms with E-state index in [2.05, 4.69) is 22.1 Å². The third kappa shape index (κ3) is 3.82. The Kier molecular flexibility index (Phi) is 5.03. The van der Waals surface area contributed by atoms with E-state index >= 15 is 0 Å². The van der Waals surface area contributed by atoms with Crippen molar-refractivity contribution in [1.82, 2.24) is 24.4 Å². The van der Waals surface area contributed by atoms with Crippen molar-refractivity contribution in [2.24, 2.45) is 5.92 Å². The molecule has 0 bridgehead atoms. The lowest BCUT2D eigenvalue weighted by Crippen LogP contribution is -2.11. The standard InChI is InChI=1S/C17H20ClN5O2/c1-11(16(24)25)4-3-5-12(2)22-10-13(8-20-22)15-7-6-14-9-19-17(18)21-23(14)15/h6-12H,3-5H2,1-2H3,(H,24,25). The summed E-state index contributed by atoms with van der Waals surface area (Å²) in [5.74, 6) is -1.05. The number of carbonyl (C=O) groups is 1. The molecule has 3 aromatic heterocycles. The lowest BCUT2D eigenvalue weighted by Gasteiger charge is -2.13. The second-order valence-electron chi connectivity index (χ2n) is 6.31. The molecule has 3 aromatic rings. The zero-order chi connectivity index (χ0) is 18.0. The number of carboxylic acid groups (broad SMARTS) is 1. The number of nitrogens with zero attached hydrogens (tertiary/aromatic N) is 5. The number of aromatic nitrogens is 5. The molecule has 8 heteroatoms. The number of hydrogen-bond acceptors (Lipinski definition) is 4. The molecule has 0 saturated heterocycles. The summed E-state index contributed by atoms with van der Waals surface area (Å²) in [6.45, 7) is 3.82. The van der Waals surface area contributed by atoms with E-state index in [0.717, 1.165) is 29.6 Å². The minimum absolute atomic E-state index is 0.193. The Balaban J connectivity index is 1.71. The van der Waals surface area contributed by atoms with Crippen LogP contribution in [0.3, 0.4) is 0 Å². The Bertz CT molecular complexity index is 888. The van der Waals surface area contributed by atoms with Crippen LogP contribution in [-0.2, 0) is 4.79 Å². The average molecular weight is 362 g/mol. The van der Waals surface area contributed by atoms with Crippen molar-refractivity contribution in [3.05, 3.63) is 36.0 Å². The second-order valence-corrected chi connectivity index (χ2v) is 6.65. The first kappa shape index (κ1) is 17.4. The number of carboxylic acids is 1. The first-order valence-electron chi connectivity index (χ1n) is 8.23. The summed E-state index contributed by atoms with van der Waals surface area (Å²) in [5.41, 5.74) is 2.71. The Labute approximate surface area is 150 Å². The van der Waals surface area contributed by atoms with E-state index < -0.39 is 5.97 Å². The maximum Gasteiger partial charge on any atom is 0.306 e. The highest BCUT2D eigenvalue weighted by atomic mass is 35.5. The van der Waals surface area contributed by atoms with Gasteiger partial charge in [0.1, 0.15) is 0 Å². The molecular formula is C17H20ClN5O2. The highest BCUT2D eigenvalue weighted by Crippen LogP contribution is 2.24. The maximum absolute atomic E-state index is 10.9. The molecule has 3 rings (SSSR count). The summed E-state index contributed by atoms with van der Waals surface area (Å²) in [4.78, 5) is 14.8. The third-order valence-electron chi connectivity index (χ3n) is 4.40. The molecule has 0 amide bonds. The van der Waals surface area contributed by atoms with Crippen molar-refractivity contribution in [3.63, 3.8) is 0 Å². The van der Waals surface area contributed by atoms with Crippen LogP contribution in [-0.4, -0.2) is 35.5 Å². The van der Waals surface area contributed by atoms with Gasteiger partial charge in [0.05, 0.1) is 29.5 Å². The molecule has 0 saturated carbocycles. The molecule has 0 aliphatic carbocycles. The van der Waals surface area contributed by atoms with Crippen LogP contribution in [0.1, 0.15) is 39.2 Å². The maximum atomic E-state index is 10.9. The lowest BCUT2D eigenvalue weighted by molar-refractivity contribution is -0.141. The van der Waals surface area contributed by atoms with E-state index in [-0.39, 0.29) is 17.2 Å². The van der Waals surface area contributed by atoms with Gasteiger partial charge in [0.25, 0.3) is 0 Å². The van der Waals surface area contributed by atoms with Gasteiger partial charge in [0, 0.05) is 17.8 Å². The van der Waals surface area contributed by atoms with Gasteiger partial charge in [-0.1, -0.05) is 13.3 Å². The van der Waals surface area contributed by atoms with Crippen LogP contribution in [0.25, 0.3) is 16.8 Å². The predicted molar refractivity (Wildman–Crippen MR) is 94.6 cm³/mol. The van der Waals surface area contributed by atoms with Crippen LogP contribution in [0.15, 0.2) is 30.7 Å². The fourth-order valence-corrected chi connectivity index (χ4v) is 2.91. The Morgan fingerprint density at radius 3 is 2.84 bits per heavy atom. The second kappa shape index (κ2) is 7.23. The van der Waals surface area contributed by atoms with Crippen LogP contribution >= 0.6 is 11.6 Å². The smallest absolute Gasteiger partial charge is 0.306 e. The molecule has 0 fully saturated rings. The first-order chi connectivity index (χ1) is 12.0. The highest BCUT2D eigenvalue weighted by Gasteiger charge is 2.14. The van der Waals surface area contributed by atoms with E-state index in [9.17, 15) is 4.79 Å². The minimum Gasteiger partial charge on any atom is -0.481 e. The van der Waals surface area contributed by atoms with E-state index in [1.807, 2.05) is 23.0 Å². The van der Waals surface area contributed by atoms with Crippen molar-refractivity contribution < 1.29 is 9.90 Å². The van der Waals surface area contributed by atoms with Gasteiger partial charge in [-0.2, -0.15) is 5.10 Å². The van der Waals surface area contributed by atoms with Gasteiger partial charge in [-0.05, 0) is 43.5 Å². The van der Waals surface area contributed by atoms with Gasteiger partial charge in [-0.25, -0.2) is 9.50 Å². The van der Waals surface area contributed by atoms with Gasteiger partial charge >= 0.3 is 5.97 Å². The fraction of sp³-hybridized carbons (Fsp3) is 0.412. The summed E-state index contributed by atoms with van der Waals surface area (Å²) in [7, 11) is 0. The predicted octanol–water partition coefficient (Wildman–Crippen LogP) is 3.70. The van der Waals surface area contributed by atoms with Gasteiger partial charge in [-0.3, -0.25) is 9.48 Å². The minimum atomic E-state index is -0.741. The molecule has 2 unspecified atom stereocenters. The Morgan fingerprint density at radius 1 is 1.28 bits per heavy atom. The van der Waals surface area contributed by atoms with Crippen molar-refractivity contribution >= 4 is 23.1 Å². The van der Waals surface area contributed by atoms with Gasteiger partial charge in [0.2, 0.25) is 5.28 Å². The molecular weight excluding hydrogens is 342 g/mol. The quantitative estimate of drug-likeness (QED) is 0.693. The molecule has 132 valence electrons. The Hall–Kier alpha value is -2.41. The largest absolute Gasteiger partial charge is 0.481 e. The van der Waals surface area contributed by atoms with Crippen molar-refractivity contribution in [2.45, 2.75) is 39.2 Å². The van der Waals surface area contributed by atoms with Gasteiger partial charge in [-0.15, -0.1) is 5.10 Å². The molecule has 0 aliphatic heterocycles. The average Bonchev–Trinajstić information content (AvgIpc) is 3.20. The number of halogens is 1. The molecule has 2 atom stereocenters. The third-order valence-corrected chi connectivity index (χ3v) is 4.57. The van der Waals surface area contributed by atoms with Crippen molar-refractivity contribution in [1.29, 1.82) is 0 Å². The summed E-state index contributed by atoms with van der Waals surface area (Å²) in [6.07, 6.45) is 7.85. The molecule has 0 aliphatic rings. The number of hydrogen-bond donors (Lipinski definition) is 1. The first-order valence-corrected chi connectivity index (χ1v) is 8.61. The van der Waals surface area contributed by atoms with Crippen molar-refractivity contribution in [2.75, 3.05) is 0 Å². The van der Waals surface area contributed by atoms with Crippen LogP contribution in [0.5, 0.6) is 0 Å². The van der Waals surface area contributed by atoms with Crippen LogP contribution in [0, 0.1) is 5.92 Å². The molecule has 7 nitrogen and oxygen atoms in total. The summed E-state index contributed by atoms with van der Waals surface area (Å²) >= 11 is 5.89. The zero-order valence-electron chi connectivity index (χ0n) is 14.1. The zero-order valence-corrected chi connectivity index (χ0v) is 14.9. The molecule has 25 heavy (non-hydrogen) atoms.